The van der Waals surface area contributed by atoms with Crippen molar-refractivity contribution in [2.24, 2.45) is 0 Å². The first kappa shape index (κ1) is 20.6. The second kappa shape index (κ2) is 7.88. The van der Waals surface area contributed by atoms with Gasteiger partial charge < -0.3 is 14.1 Å². The predicted molar refractivity (Wildman–Crippen MR) is 107 cm³/mol. The van der Waals surface area contributed by atoms with Crippen molar-refractivity contribution in [3.8, 4) is 0 Å². The summed E-state index contributed by atoms with van der Waals surface area (Å²) in [6.07, 6.45) is 2.21. The highest BCUT2D eigenvalue weighted by Crippen LogP contribution is 2.33. The third-order valence-corrected chi connectivity index (χ3v) is 7.74. The molecule has 160 valence electrons. The Balaban J connectivity index is 1.68. The van der Waals surface area contributed by atoms with Crippen LogP contribution in [-0.4, -0.2) is 56.2 Å². The van der Waals surface area contributed by atoms with Gasteiger partial charge in [0.15, 0.2) is 11.8 Å². The van der Waals surface area contributed by atoms with Gasteiger partial charge in [-0.05, 0) is 37.3 Å². The number of rotatable bonds is 4. The molecule has 0 N–H and O–H groups in total. The Hall–Kier alpha value is -2.65. The van der Waals surface area contributed by atoms with Gasteiger partial charge in [-0.1, -0.05) is 24.3 Å². The van der Waals surface area contributed by atoms with Crippen molar-refractivity contribution in [3.63, 3.8) is 0 Å². The molecule has 3 heterocycles. The zero-order valence-corrected chi connectivity index (χ0v) is 17.8. The first-order valence-electron chi connectivity index (χ1n) is 9.91. The van der Waals surface area contributed by atoms with E-state index in [0.29, 0.717) is 31.6 Å². The topological polar surface area (TPSA) is 97.1 Å². The lowest BCUT2D eigenvalue weighted by Gasteiger charge is -2.34. The lowest BCUT2D eigenvalue weighted by Crippen LogP contribution is -2.43. The van der Waals surface area contributed by atoms with E-state index in [2.05, 4.69) is 0 Å². The van der Waals surface area contributed by atoms with Crippen LogP contribution in [0.1, 0.15) is 46.3 Å². The molecule has 0 radical (unpaired) electrons. The summed E-state index contributed by atoms with van der Waals surface area (Å²) in [6, 6.07) is 7.78. The minimum atomic E-state index is -3.72. The normalized spacial score (nSPS) is 19.5. The van der Waals surface area contributed by atoms with Crippen molar-refractivity contribution >= 4 is 21.9 Å². The lowest BCUT2D eigenvalue weighted by atomic mass is 9.92. The number of sulfonamides is 1. The number of ether oxygens (including phenoxy) is 1. The number of aryl methyl sites for hydroxylation is 1. The number of furan rings is 1. The molecule has 1 fully saturated rings. The highest BCUT2D eigenvalue weighted by Gasteiger charge is 2.39. The molecule has 1 unspecified atom stereocenters. The summed E-state index contributed by atoms with van der Waals surface area (Å²) < 4.78 is 37.8. The number of amides is 1. The van der Waals surface area contributed by atoms with Crippen LogP contribution in [0.15, 0.2) is 39.6 Å². The second-order valence-corrected chi connectivity index (χ2v) is 9.42. The summed E-state index contributed by atoms with van der Waals surface area (Å²) in [7, 11) is -2.44. The van der Waals surface area contributed by atoms with E-state index in [-0.39, 0.29) is 16.4 Å². The number of benzene rings is 1. The highest BCUT2D eigenvalue weighted by atomic mass is 32.2. The molecular formula is C21H24N2O6S. The molecule has 0 aliphatic carbocycles. The number of carbonyl (C=O) groups excluding carboxylic acids is 2. The van der Waals surface area contributed by atoms with Crippen LogP contribution >= 0.6 is 0 Å². The molecule has 2 aromatic rings. The SMILES string of the molecule is COC(=O)C1c2ccccc2CCN1C(=O)c1cc(S(=O)(=O)N2CCCC2)c(C)o1. The molecule has 0 saturated carbocycles. The summed E-state index contributed by atoms with van der Waals surface area (Å²) in [4.78, 5) is 27.2. The fourth-order valence-corrected chi connectivity index (χ4v) is 5.87. The first-order valence-corrected chi connectivity index (χ1v) is 11.4. The Kier molecular flexibility index (Phi) is 5.42. The average molecular weight is 432 g/mol. The van der Waals surface area contributed by atoms with Crippen LogP contribution in [0.4, 0.5) is 0 Å². The maximum atomic E-state index is 13.3. The van der Waals surface area contributed by atoms with E-state index < -0.39 is 27.9 Å². The minimum Gasteiger partial charge on any atom is -0.467 e. The third kappa shape index (κ3) is 3.41. The Bertz CT molecular complexity index is 1080. The molecule has 1 saturated heterocycles. The zero-order valence-electron chi connectivity index (χ0n) is 17.0. The van der Waals surface area contributed by atoms with Gasteiger partial charge in [0.25, 0.3) is 5.91 Å². The van der Waals surface area contributed by atoms with Crippen molar-refractivity contribution < 1.29 is 27.2 Å². The monoisotopic (exact) mass is 432 g/mol. The molecule has 0 bridgehead atoms. The second-order valence-electron chi connectivity index (χ2n) is 7.52. The van der Waals surface area contributed by atoms with Gasteiger partial charge in [-0.2, -0.15) is 4.31 Å². The van der Waals surface area contributed by atoms with Crippen LogP contribution in [-0.2, 0) is 26.0 Å². The Morgan fingerprint density at radius 1 is 1.13 bits per heavy atom. The summed E-state index contributed by atoms with van der Waals surface area (Å²) in [6.45, 7) is 2.75. The van der Waals surface area contributed by atoms with Crippen molar-refractivity contribution in [1.29, 1.82) is 0 Å². The van der Waals surface area contributed by atoms with Gasteiger partial charge in [0, 0.05) is 25.7 Å². The van der Waals surface area contributed by atoms with E-state index >= 15 is 0 Å². The molecule has 1 atom stereocenters. The van der Waals surface area contributed by atoms with E-state index in [1.54, 1.807) is 12.1 Å². The van der Waals surface area contributed by atoms with Gasteiger partial charge in [0.2, 0.25) is 10.0 Å². The number of esters is 1. The van der Waals surface area contributed by atoms with Crippen LogP contribution < -0.4 is 0 Å². The summed E-state index contributed by atoms with van der Waals surface area (Å²) in [5, 5.41) is 0. The smallest absolute Gasteiger partial charge is 0.333 e. The van der Waals surface area contributed by atoms with Gasteiger partial charge in [-0.3, -0.25) is 4.79 Å². The summed E-state index contributed by atoms with van der Waals surface area (Å²) in [5.41, 5.74) is 1.68. The Morgan fingerprint density at radius 3 is 2.53 bits per heavy atom. The van der Waals surface area contributed by atoms with Crippen LogP contribution in [0.5, 0.6) is 0 Å². The van der Waals surface area contributed by atoms with E-state index in [0.717, 1.165) is 18.4 Å². The molecule has 9 heteroatoms. The van der Waals surface area contributed by atoms with Gasteiger partial charge in [-0.25, -0.2) is 13.2 Å². The molecule has 1 aromatic carbocycles. The van der Waals surface area contributed by atoms with Crippen LogP contribution in [0, 0.1) is 6.92 Å². The molecule has 0 spiro atoms. The van der Waals surface area contributed by atoms with Crippen molar-refractivity contribution in [2.75, 3.05) is 26.7 Å². The molecule has 8 nitrogen and oxygen atoms in total. The summed E-state index contributed by atoms with van der Waals surface area (Å²) in [5.74, 6) is -1.02. The standard InChI is InChI=1S/C21H24N2O6S/c1-14-18(30(26,27)22-10-5-6-11-22)13-17(29-14)20(24)23-12-9-15-7-3-4-8-16(15)19(23)21(25)28-2/h3-4,7-8,13,19H,5-6,9-12H2,1-2H3. The molecule has 30 heavy (non-hydrogen) atoms. The van der Waals surface area contributed by atoms with Crippen LogP contribution in [0.3, 0.4) is 0 Å². The van der Waals surface area contributed by atoms with Gasteiger partial charge >= 0.3 is 5.97 Å². The number of hydrogen-bond donors (Lipinski definition) is 0. The number of fused-ring (bicyclic) bond motifs is 1. The van der Waals surface area contributed by atoms with Crippen molar-refractivity contribution in [3.05, 3.63) is 53.0 Å². The van der Waals surface area contributed by atoms with E-state index in [9.17, 15) is 18.0 Å². The Morgan fingerprint density at radius 2 is 1.83 bits per heavy atom. The first-order chi connectivity index (χ1) is 14.3. The lowest BCUT2D eigenvalue weighted by molar-refractivity contribution is -0.146. The van der Waals surface area contributed by atoms with Gasteiger partial charge in [0.1, 0.15) is 10.7 Å². The molecule has 1 aromatic heterocycles. The van der Waals surface area contributed by atoms with Gasteiger partial charge in [0.05, 0.1) is 7.11 Å². The summed E-state index contributed by atoms with van der Waals surface area (Å²) >= 11 is 0. The number of methoxy groups -OCH3 is 1. The maximum absolute atomic E-state index is 13.3. The molecule has 4 rings (SSSR count). The fourth-order valence-electron chi connectivity index (χ4n) is 4.19. The molecular weight excluding hydrogens is 408 g/mol. The van der Waals surface area contributed by atoms with Crippen LogP contribution in [0.25, 0.3) is 0 Å². The average Bonchev–Trinajstić information content (AvgIpc) is 3.42. The zero-order chi connectivity index (χ0) is 21.5. The Labute approximate surface area is 175 Å². The highest BCUT2D eigenvalue weighted by molar-refractivity contribution is 7.89. The van der Waals surface area contributed by atoms with Crippen molar-refractivity contribution in [1.82, 2.24) is 9.21 Å². The molecule has 1 amide bonds. The number of hydrogen-bond acceptors (Lipinski definition) is 6. The third-order valence-electron chi connectivity index (χ3n) is 5.73. The number of carbonyl (C=O) groups is 2. The van der Waals surface area contributed by atoms with Gasteiger partial charge in [-0.15, -0.1) is 0 Å². The molecule has 2 aliphatic rings. The maximum Gasteiger partial charge on any atom is 0.333 e. The van der Waals surface area contributed by atoms with Crippen LogP contribution in [0.2, 0.25) is 0 Å². The van der Waals surface area contributed by atoms with Crippen molar-refractivity contribution in [2.45, 2.75) is 37.1 Å². The molecule has 2 aliphatic heterocycles. The van der Waals surface area contributed by atoms with E-state index in [1.807, 2.05) is 12.1 Å². The van der Waals surface area contributed by atoms with E-state index in [4.69, 9.17) is 9.15 Å². The van der Waals surface area contributed by atoms with E-state index in [1.165, 1.54) is 29.3 Å². The number of nitrogens with zero attached hydrogens (tertiary/aromatic N) is 2. The predicted octanol–water partition coefficient (Wildman–Crippen LogP) is 2.29. The largest absolute Gasteiger partial charge is 0.467 e. The fraction of sp³-hybridized carbons (Fsp3) is 0.429. The quantitative estimate of drug-likeness (QED) is 0.688. The minimum absolute atomic E-state index is 0.000206.